The third-order valence-electron chi connectivity index (χ3n) is 3.74. The molecule has 6 nitrogen and oxygen atoms in total. The number of amides is 1. The Morgan fingerprint density at radius 2 is 1.87 bits per heavy atom. The minimum absolute atomic E-state index is 0.110. The number of nitrogens with one attached hydrogen (secondary N) is 1. The summed E-state index contributed by atoms with van der Waals surface area (Å²) in [5, 5.41) is 3.17. The van der Waals surface area contributed by atoms with E-state index >= 15 is 0 Å². The topological polar surface area (TPSA) is 61.4 Å². The van der Waals surface area contributed by atoms with Crippen molar-refractivity contribution in [2.24, 2.45) is 0 Å². The van der Waals surface area contributed by atoms with E-state index in [0.717, 1.165) is 29.2 Å². The maximum Gasteiger partial charge on any atom is 0.241 e. The molecule has 23 heavy (non-hydrogen) atoms. The standard InChI is InChI=1S/C16H18BrN5O/c17-13-3-1-4-14(11-13)20-12-15(23)21-7-9-22(10-8-21)16-18-5-2-6-19-16/h1-6,11,20H,7-10,12H2. The number of nitrogens with zero attached hydrogens (tertiary/aromatic N) is 4. The minimum atomic E-state index is 0.110. The largest absolute Gasteiger partial charge is 0.376 e. The van der Waals surface area contributed by atoms with Crippen molar-refractivity contribution in [3.8, 4) is 0 Å². The van der Waals surface area contributed by atoms with Crippen LogP contribution in [-0.2, 0) is 4.79 Å². The zero-order valence-electron chi connectivity index (χ0n) is 12.7. The van der Waals surface area contributed by atoms with Crippen molar-refractivity contribution in [3.63, 3.8) is 0 Å². The van der Waals surface area contributed by atoms with Gasteiger partial charge < -0.3 is 15.1 Å². The number of hydrogen-bond acceptors (Lipinski definition) is 5. The quantitative estimate of drug-likeness (QED) is 0.885. The Labute approximate surface area is 143 Å². The van der Waals surface area contributed by atoms with Gasteiger partial charge in [0.2, 0.25) is 11.9 Å². The van der Waals surface area contributed by atoms with E-state index in [1.54, 1.807) is 18.5 Å². The van der Waals surface area contributed by atoms with E-state index in [1.807, 2.05) is 29.2 Å². The van der Waals surface area contributed by atoms with E-state index in [-0.39, 0.29) is 5.91 Å². The number of piperazine rings is 1. The minimum Gasteiger partial charge on any atom is -0.376 e. The molecule has 1 amide bonds. The molecular weight excluding hydrogens is 358 g/mol. The van der Waals surface area contributed by atoms with Gasteiger partial charge in [0.1, 0.15) is 0 Å². The van der Waals surface area contributed by atoms with Crippen LogP contribution in [-0.4, -0.2) is 53.5 Å². The Morgan fingerprint density at radius 3 is 2.57 bits per heavy atom. The zero-order valence-corrected chi connectivity index (χ0v) is 14.2. The Balaban J connectivity index is 1.48. The fraction of sp³-hybridized carbons (Fsp3) is 0.312. The fourth-order valence-electron chi connectivity index (χ4n) is 2.50. The summed E-state index contributed by atoms with van der Waals surface area (Å²) in [5.74, 6) is 0.838. The highest BCUT2D eigenvalue weighted by Crippen LogP contribution is 2.15. The van der Waals surface area contributed by atoms with Crippen molar-refractivity contribution in [1.82, 2.24) is 14.9 Å². The van der Waals surface area contributed by atoms with Crippen LogP contribution in [0.3, 0.4) is 0 Å². The van der Waals surface area contributed by atoms with Crippen LogP contribution in [0.4, 0.5) is 11.6 Å². The van der Waals surface area contributed by atoms with Crippen molar-refractivity contribution in [2.75, 3.05) is 42.9 Å². The first kappa shape index (κ1) is 15.7. The molecule has 1 aliphatic rings. The first-order valence-electron chi connectivity index (χ1n) is 7.51. The van der Waals surface area contributed by atoms with Gasteiger partial charge in [0.25, 0.3) is 0 Å². The van der Waals surface area contributed by atoms with Gasteiger partial charge in [0.15, 0.2) is 0 Å². The van der Waals surface area contributed by atoms with Gasteiger partial charge in [-0.15, -0.1) is 0 Å². The Kier molecular flexibility index (Phi) is 5.07. The number of halogens is 1. The van der Waals surface area contributed by atoms with Crippen LogP contribution >= 0.6 is 15.9 Å². The molecule has 7 heteroatoms. The summed E-state index contributed by atoms with van der Waals surface area (Å²) >= 11 is 3.42. The highest BCUT2D eigenvalue weighted by Gasteiger charge is 2.22. The Hall–Kier alpha value is -2.15. The molecular formula is C16H18BrN5O. The van der Waals surface area contributed by atoms with Crippen LogP contribution in [0.2, 0.25) is 0 Å². The van der Waals surface area contributed by atoms with Crippen LogP contribution in [0, 0.1) is 0 Å². The van der Waals surface area contributed by atoms with Gasteiger partial charge in [-0.2, -0.15) is 0 Å². The highest BCUT2D eigenvalue weighted by molar-refractivity contribution is 9.10. The summed E-state index contributed by atoms with van der Waals surface area (Å²) < 4.78 is 0.992. The van der Waals surface area contributed by atoms with Gasteiger partial charge in [-0.25, -0.2) is 9.97 Å². The predicted molar refractivity (Wildman–Crippen MR) is 93.5 cm³/mol. The molecule has 2 aromatic rings. The van der Waals surface area contributed by atoms with Gasteiger partial charge in [0, 0.05) is 48.7 Å². The van der Waals surface area contributed by atoms with Gasteiger partial charge in [0.05, 0.1) is 6.54 Å². The molecule has 0 atom stereocenters. The van der Waals surface area contributed by atoms with Crippen molar-refractivity contribution in [1.29, 1.82) is 0 Å². The van der Waals surface area contributed by atoms with Gasteiger partial charge in [-0.1, -0.05) is 22.0 Å². The fourth-order valence-corrected chi connectivity index (χ4v) is 2.90. The van der Waals surface area contributed by atoms with E-state index in [2.05, 4.69) is 36.1 Å². The number of aromatic nitrogens is 2. The molecule has 1 aliphatic heterocycles. The third kappa shape index (κ3) is 4.19. The van der Waals surface area contributed by atoms with E-state index in [4.69, 9.17) is 0 Å². The molecule has 1 aromatic heterocycles. The second-order valence-corrected chi connectivity index (χ2v) is 6.20. The van der Waals surface area contributed by atoms with Crippen LogP contribution in [0.25, 0.3) is 0 Å². The lowest BCUT2D eigenvalue weighted by Crippen LogP contribution is -2.50. The molecule has 1 aromatic carbocycles. The number of hydrogen-bond donors (Lipinski definition) is 1. The van der Waals surface area contributed by atoms with Crippen LogP contribution in [0.5, 0.6) is 0 Å². The SMILES string of the molecule is O=C(CNc1cccc(Br)c1)N1CCN(c2ncccn2)CC1. The second kappa shape index (κ2) is 7.41. The summed E-state index contributed by atoms with van der Waals surface area (Å²) in [5.41, 5.74) is 0.934. The summed E-state index contributed by atoms with van der Waals surface area (Å²) in [6.45, 7) is 3.20. The zero-order chi connectivity index (χ0) is 16.1. The maximum absolute atomic E-state index is 12.3. The summed E-state index contributed by atoms with van der Waals surface area (Å²) in [6, 6.07) is 9.60. The normalized spacial score (nSPS) is 14.7. The number of carbonyl (C=O) groups is 1. The summed E-state index contributed by atoms with van der Waals surface area (Å²) in [7, 11) is 0. The molecule has 1 saturated heterocycles. The van der Waals surface area contributed by atoms with E-state index in [0.29, 0.717) is 19.6 Å². The first-order chi connectivity index (χ1) is 11.2. The van der Waals surface area contributed by atoms with Crippen molar-refractivity contribution in [3.05, 3.63) is 47.2 Å². The van der Waals surface area contributed by atoms with Crippen LogP contribution < -0.4 is 10.2 Å². The molecule has 120 valence electrons. The lowest BCUT2D eigenvalue weighted by atomic mass is 10.3. The predicted octanol–water partition coefficient (Wildman–Crippen LogP) is 2.00. The molecule has 0 unspecified atom stereocenters. The Bertz CT molecular complexity index is 659. The number of anilines is 2. The summed E-state index contributed by atoms with van der Waals surface area (Å²) in [6.07, 6.45) is 3.48. The molecule has 0 aliphatic carbocycles. The van der Waals surface area contributed by atoms with Gasteiger partial charge >= 0.3 is 0 Å². The highest BCUT2D eigenvalue weighted by atomic mass is 79.9. The molecule has 1 fully saturated rings. The summed E-state index contributed by atoms with van der Waals surface area (Å²) in [4.78, 5) is 24.8. The Morgan fingerprint density at radius 1 is 1.13 bits per heavy atom. The molecule has 0 radical (unpaired) electrons. The second-order valence-electron chi connectivity index (χ2n) is 5.28. The lowest BCUT2D eigenvalue weighted by Gasteiger charge is -2.34. The maximum atomic E-state index is 12.3. The van der Waals surface area contributed by atoms with E-state index in [9.17, 15) is 4.79 Å². The molecule has 3 rings (SSSR count). The van der Waals surface area contributed by atoms with Crippen molar-refractivity contribution in [2.45, 2.75) is 0 Å². The van der Waals surface area contributed by atoms with Crippen molar-refractivity contribution >= 4 is 33.5 Å². The first-order valence-corrected chi connectivity index (χ1v) is 8.31. The molecule has 0 bridgehead atoms. The van der Waals surface area contributed by atoms with Crippen molar-refractivity contribution < 1.29 is 4.79 Å². The molecule has 2 heterocycles. The molecule has 0 saturated carbocycles. The number of carbonyl (C=O) groups excluding carboxylic acids is 1. The number of rotatable bonds is 4. The lowest BCUT2D eigenvalue weighted by molar-refractivity contribution is -0.129. The van der Waals surface area contributed by atoms with Gasteiger partial charge in [-0.05, 0) is 24.3 Å². The third-order valence-corrected chi connectivity index (χ3v) is 4.23. The number of benzene rings is 1. The average molecular weight is 376 g/mol. The average Bonchev–Trinajstić information content (AvgIpc) is 2.61. The monoisotopic (exact) mass is 375 g/mol. The molecule has 0 spiro atoms. The smallest absolute Gasteiger partial charge is 0.241 e. The van der Waals surface area contributed by atoms with Crippen LogP contribution in [0.15, 0.2) is 47.2 Å². The van der Waals surface area contributed by atoms with Crippen LogP contribution in [0.1, 0.15) is 0 Å². The van der Waals surface area contributed by atoms with Gasteiger partial charge in [-0.3, -0.25) is 4.79 Å². The molecule has 1 N–H and O–H groups in total. The van der Waals surface area contributed by atoms with E-state index < -0.39 is 0 Å². The van der Waals surface area contributed by atoms with E-state index in [1.165, 1.54) is 0 Å².